The number of methoxy groups -OCH3 is 1. The predicted molar refractivity (Wildman–Crippen MR) is 105 cm³/mol. The summed E-state index contributed by atoms with van der Waals surface area (Å²) in [6.07, 6.45) is 0. The van der Waals surface area contributed by atoms with E-state index < -0.39 is 10.0 Å². The van der Waals surface area contributed by atoms with Gasteiger partial charge in [-0.3, -0.25) is 0 Å². The lowest BCUT2D eigenvalue weighted by atomic mass is 10.1. The van der Waals surface area contributed by atoms with Gasteiger partial charge < -0.3 is 9.64 Å². The van der Waals surface area contributed by atoms with Crippen molar-refractivity contribution >= 4 is 15.7 Å². The molecule has 0 unspecified atom stereocenters. The summed E-state index contributed by atoms with van der Waals surface area (Å²) >= 11 is 0. The zero-order chi connectivity index (χ0) is 18.9. The first-order valence-corrected chi connectivity index (χ1v) is 10.2. The van der Waals surface area contributed by atoms with Crippen LogP contribution in [0.2, 0.25) is 0 Å². The summed E-state index contributed by atoms with van der Waals surface area (Å²) in [5, 5.41) is 0. The molecule has 1 aliphatic rings. The van der Waals surface area contributed by atoms with E-state index >= 15 is 0 Å². The third-order valence-corrected chi connectivity index (χ3v) is 6.92. The first kappa shape index (κ1) is 18.7. The number of benzene rings is 2. The van der Waals surface area contributed by atoms with Crippen LogP contribution >= 0.6 is 0 Å². The number of ether oxygens (including phenoxy) is 1. The molecule has 0 bridgehead atoms. The Labute approximate surface area is 156 Å². The van der Waals surface area contributed by atoms with Gasteiger partial charge in [0.25, 0.3) is 0 Å². The Morgan fingerprint density at radius 2 is 1.58 bits per heavy atom. The van der Waals surface area contributed by atoms with Crippen LogP contribution in [-0.2, 0) is 10.0 Å². The van der Waals surface area contributed by atoms with E-state index in [4.69, 9.17) is 4.74 Å². The van der Waals surface area contributed by atoms with E-state index in [1.54, 1.807) is 16.4 Å². The molecular weight excluding hydrogens is 348 g/mol. The number of aryl methyl sites for hydroxylation is 3. The maximum Gasteiger partial charge on any atom is 0.246 e. The molecule has 140 valence electrons. The van der Waals surface area contributed by atoms with Crippen molar-refractivity contribution in [2.75, 3.05) is 38.2 Å². The Hall–Kier alpha value is -2.05. The number of piperazine rings is 1. The number of anilines is 1. The number of hydrogen-bond acceptors (Lipinski definition) is 4. The van der Waals surface area contributed by atoms with Crippen LogP contribution in [0.3, 0.4) is 0 Å². The van der Waals surface area contributed by atoms with Crippen LogP contribution in [0.5, 0.6) is 5.75 Å². The molecule has 3 rings (SSSR count). The maximum absolute atomic E-state index is 13.2. The summed E-state index contributed by atoms with van der Waals surface area (Å²) in [6, 6.07) is 11.8. The van der Waals surface area contributed by atoms with Crippen LogP contribution in [0.15, 0.2) is 41.3 Å². The van der Waals surface area contributed by atoms with Crippen LogP contribution in [0.1, 0.15) is 16.7 Å². The molecule has 1 heterocycles. The average Bonchev–Trinajstić information content (AvgIpc) is 2.63. The third kappa shape index (κ3) is 3.57. The van der Waals surface area contributed by atoms with Gasteiger partial charge in [0.2, 0.25) is 10.0 Å². The number of rotatable bonds is 4. The van der Waals surface area contributed by atoms with Crippen molar-refractivity contribution in [3.63, 3.8) is 0 Å². The molecule has 1 saturated heterocycles. The minimum Gasteiger partial charge on any atom is -0.495 e. The largest absolute Gasteiger partial charge is 0.495 e. The van der Waals surface area contributed by atoms with Crippen LogP contribution in [-0.4, -0.2) is 46.0 Å². The fourth-order valence-corrected chi connectivity index (χ4v) is 4.92. The fraction of sp³-hybridized carbons (Fsp3) is 0.400. The summed E-state index contributed by atoms with van der Waals surface area (Å²) < 4.78 is 33.2. The lowest BCUT2D eigenvalue weighted by molar-refractivity contribution is 0.374. The minimum atomic E-state index is -3.58. The van der Waals surface area contributed by atoms with Gasteiger partial charge in [-0.25, -0.2) is 8.42 Å². The standard InChI is InChI=1S/C20H26N2O3S/c1-15-6-5-7-18(12-15)21-8-10-22(11-9-21)26(23,24)20-14-17(3)16(2)13-19(20)25-4/h5-7,12-14H,8-11H2,1-4H3. The molecule has 0 amide bonds. The van der Waals surface area contributed by atoms with Gasteiger partial charge in [0, 0.05) is 31.9 Å². The Kier molecular flexibility index (Phi) is 5.25. The van der Waals surface area contributed by atoms with Crippen molar-refractivity contribution in [1.82, 2.24) is 4.31 Å². The van der Waals surface area contributed by atoms with Crippen LogP contribution in [0.4, 0.5) is 5.69 Å². The summed E-state index contributed by atoms with van der Waals surface area (Å²) in [5.41, 5.74) is 4.32. The second kappa shape index (κ2) is 7.29. The van der Waals surface area contributed by atoms with E-state index in [1.807, 2.05) is 19.9 Å². The highest BCUT2D eigenvalue weighted by molar-refractivity contribution is 7.89. The first-order valence-electron chi connectivity index (χ1n) is 8.80. The summed E-state index contributed by atoms with van der Waals surface area (Å²) in [5.74, 6) is 0.411. The molecule has 2 aromatic rings. The Balaban J connectivity index is 1.81. The van der Waals surface area contributed by atoms with Crippen molar-refractivity contribution in [1.29, 1.82) is 0 Å². The second-order valence-corrected chi connectivity index (χ2v) is 8.72. The van der Waals surface area contributed by atoms with Gasteiger partial charge >= 0.3 is 0 Å². The molecule has 1 aliphatic heterocycles. The lowest BCUT2D eigenvalue weighted by Crippen LogP contribution is -2.48. The number of hydrogen-bond donors (Lipinski definition) is 0. The highest BCUT2D eigenvalue weighted by Crippen LogP contribution is 2.30. The molecule has 1 fully saturated rings. The third-order valence-electron chi connectivity index (χ3n) is 5.00. The quantitative estimate of drug-likeness (QED) is 0.825. The molecule has 0 aromatic heterocycles. The van der Waals surface area contributed by atoms with E-state index in [-0.39, 0.29) is 4.90 Å². The predicted octanol–water partition coefficient (Wildman–Crippen LogP) is 3.13. The SMILES string of the molecule is COc1cc(C)c(C)cc1S(=O)(=O)N1CCN(c2cccc(C)c2)CC1. The fourth-order valence-electron chi connectivity index (χ4n) is 3.27. The van der Waals surface area contributed by atoms with Gasteiger partial charge in [0.1, 0.15) is 10.6 Å². The first-order chi connectivity index (χ1) is 12.3. The van der Waals surface area contributed by atoms with Crippen molar-refractivity contribution in [2.45, 2.75) is 25.7 Å². The second-order valence-electron chi connectivity index (χ2n) is 6.82. The highest BCUT2D eigenvalue weighted by atomic mass is 32.2. The molecule has 0 spiro atoms. The molecule has 26 heavy (non-hydrogen) atoms. The van der Waals surface area contributed by atoms with Crippen LogP contribution in [0, 0.1) is 20.8 Å². The highest BCUT2D eigenvalue weighted by Gasteiger charge is 2.31. The van der Waals surface area contributed by atoms with Gasteiger partial charge in [-0.1, -0.05) is 12.1 Å². The summed E-state index contributed by atoms with van der Waals surface area (Å²) in [7, 11) is -2.06. The van der Waals surface area contributed by atoms with Crippen molar-refractivity contribution in [3.05, 3.63) is 53.1 Å². The molecule has 6 heteroatoms. The van der Waals surface area contributed by atoms with Gasteiger partial charge in [-0.05, 0) is 61.7 Å². The van der Waals surface area contributed by atoms with E-state index in [0.29, 0.717) is 31.9 Å². The minimum absolute atomic E-state index is 0.257. The zero-order valence-corrected chi connectivity index (χ0v) is 16.6. The van der Waals surface area contributed by atoms with Crippen LogP contribution in [0.25, 0.3) is 0 Å². The van der Waals surface area contributed by atoms with Crippen LogP contribution < -0.4 is 9.64 Å². The molecule has 2 aromatic carbocycles. The molecule has 0 aliphatic carbocycles. The van der Waals surface area contributed by atoms with Gasteiger partial charge in [0.05, 0.1) is 7.11 Å². The molecule has 0 radical (unpaired) electrons. The normalized spacial score (nSPS) is 15.9. The molecule has 5 nitrogen and oxygen atoms in total. The lowest BCUT2D eigenvalue weighted by Gasteiger charge is -2.35. The van der Waals surface area contributed by atoms with Crippen molar-refractivity contribution in [3.8, 4) is 5.75 Å². The van der Waals surface area contributed by atoms with E-state index in [2.05, 4.69) is 30.0 Å². The summed E-state index contributed by atoms with van der Waals surface area (Å²) in [4.78, 5) is 2.49. The zero-order valence-electron chi connectivity index (χ0n) is 15.8. The average molecular weight is 375 g/mol. The number of nitrogens with zero attached hydrogens (tertiary/aromatic N) is 2. The van der Waals surface area contributed by atoms with Crippen molar-refractivity contribution in [2.24, 2.45) is 0 Å². The van der Waals surface area contributed by atoms with Gasteiger partial charge in [-0.2, -0.15) is 4.31 Å². The van der Waals surface area contributed by atoms with E-state index in [0.717, 1.165) is 16.8 Å². The van der Waals surface area contributed by atoms with Gasteiger partial charge in [0.15, 0.2) is 0 Å². The molecular formula is C20H26N2O3S. The van der Waals surface area contributed by atoms with Gasteiger partial charge in [-0.15, -0.1) is 0 Å². The van der Waals surface area contributed by atoms with Crippen molar-refractivity contribution < 1.29 is 13.2 Å². The molecule has 0 N–H and O–H groups in total. The topological polar surface area (TPSA) is 49.9 Å². The molecule has 0 saturated carbocycles. The Morgan fingerprint density at radius 3 is 2.19 bits per heavy atom. The summed E-state index contributed by atoms with van der Waals surface area (Å²) in [6.45, 7) is 8.22. The Bertz CT molecular complexity index is 901. The molecule has 0 atom stereocenters. The number of sulfonamides is 1. The van der Waals surface area contributed by atoms with E-state index in [9.17, 15) is 8.42 Å². The Morgan fingerprint density at radius 1 is 0.923 bits per heavy atom. The smallest absolute Gasteiger partial charge is 0.246 e. The maximum atomic E-state index is 13.2. The van der Waals surface area contributed by atoms with E-state index in [1.165, 1.54) is 12.7 Å². The monoisotopic (exact) mass is 374 g/mol.